The van der Waals surface area contributed by atoms with Gasteiger partial charge in [-0.05, 0) is 49.2 Å². The Morgan fingerprint density at radius 2 is 1.76 bits per heavy atom. The molecule has 0 saturated carbocycles. The summed E-state index contributed by atoms with van der Waals surface area (Å²) in [6, 6.07) is 9.35. The minimum absolute atomic E-state index is 0.0604. The lowest BCUT2D eigenvalue weighted by molar-refractivity contribution is 0.0696. The molecule has 2 aromatic carbocycles. The molecule has 21 heavy (non-hydrogen) atoms. The number of rotatable bonds is 3. The van der Waals surface area contributed by atoms with Crippen LogP contribution in [0.1, 0.15) is 31.8 Å². The predicted molar refractivity (Wildman–Crippen MR) is 78.9 cm³/mol. The van der Waals surface area contributed by atoms with Gasteiger partial charge in [0.2, 0.25) is 0 Å². The van der Waals surface area contributed by atoms with Gasteiger partial charge in [0.15, 0.2) is 0 Å². The molecule has 0 radical (unpaired) electrons. The Morgan fingerprint density at radius 1 is 1.05 bits per heavy atom. The molecule has 0 bridgehead atoms. The summed E-state index contributed by atoms with van der Waals surface area (Å²) in [5.74, 6) is -1.52. The van der Waals surface area contributed by atoms with Crippen molar-refractivity contribution >= 4 is 17.6 Å². The summed E-state index contributed by atoms with van der Waals surface area (Å²) in [5.41, 5.74) is 2.09. The van der Waals surface area contributed by atoms with Gasteiger partial charge < -0.3 is 15.5 Å². The van der Waals surface area contributed by atoms with Gasteiger partial charge in [-0.25, -0.2) is 4.79 Å². The second-order valence-corrected chi connectivity index (χ2v) is 4.76. The van der Waals surface area contributed by atoms with Crippen molar-refractivity contribution in [3.8, 4) is 5.75 Å². The molecule has 2 rings (SSSR count). The zero-order chi connectivity index (χ0) is 15.6. The van der Waals surface area contributed by atoms with Crippen molar-refractivity contribution in [3.05, 3.63) is 58.7 Å². The fourth-order valence-corrected chi connectivity index (χ4v) is 1.97. The maximum Gasteiger partial charge on any atom is 0.335 e. The summed E-state index contributed by atoms with van der Waals surface area (Å²) in [4.78, 5) is 23.0. The average molecular weight is 285 g/mol. The van der Waals surface area contributed by atoms with Crippen molar-refractivity contribution in [2.24, 2.45) is 0 Å². The molecule has 0 heterocycles. The Bertz CT molecular complexity index is 722. The third-order valence-corrected chi connectivity index (χ3v) is 3.20. The number of phenols is 1. The van der Waals surface area contributed by atoms with Crippen molar-refractivity contribution in [1.29, 1.82) is 0 Å². The smallest absolute Gasteiger partial charge is 0.335 e. The van der Waals surface area contributed by atoms with Crippen LogP contribution in [0.2, 0.25) is 0 Å². The number of carboxylic acid groups (broad SMARTS) is 1. The Hall–Kier alpha value is -2.82. The monoisotopic (exact) mass is 285 g/mol. The van der Waals surface area contributed by atoms with Gasteiger partial charge in [0, 0.05) is 5.69 Å². The van der Waals surface area contributed by atoms with Crippen LogP contribution in [0.5, 0.6) is 5.75 Å². The second kappa shape index (κ2) is 5.66. The van der Waals surface area contributed by atoms with Crippen LogP contribution in [0.25, 0.3) is 0 Å². The fourth-order valence-electron chi connectivity index (χ4n) is 1.97. The van der Waals surface area contributed by atoms with E-state index in [0.29, 0.717) is 16.8 Å². The number of carbonyl (C=O) groups is 2. The van der Waals surface area contributed by atoms with E-state index < -0.39 is 11.9 Å². The second-order valence-electron chi connectivity index (χ2n) is 4.76. The van der Waals surface area contributed by atoms with Crippen LogP contribution in [0.4, 0.5) is 5.69 Å². The number of hydrogen-bond acceptors (Lipinski definition) is 3. The fraction of sp³-hybridized carbons (Fsp3) is 0.125. The first-order valence-corrected chi connectivity index (χ1v) is 6.34. The highest BCUT2D eigenvalue weighted by Crippen LogP contribution is 2.24. The standard InChI is InChI=1S/C16H15NO4/c1-9-4-3-5-12(14(9)18)15(19)17-13-7-6-11(16(20)21)8-10(13)2/h3-8,18H,1-2H3,(H,17,19)(H,20,21). The first-order valence-electron chi connectivity index (χ1n) is 6.34. The van der Waals surface area contributed by atoms with Crippen LogP contribution >= 0.6 is 0 Å². The summed E-state index contributed by atoms with van der Waals surface area (Å²) in [7, 11) is 0. The van der Waals surface area contributed by atoms with E-state index in [-0.39, 0.29) is 16.9 Å². The number of hydrogen-bond donors (Lipinski definition) is 3. The molecule has 0 unspecified atom stereocenters. The van der Waals surface area contributed by atoms with Gasteiger partial charge in [-0.2, -0.15) is 0 Å². The zero-order valence-electron chi connectivity index (χ0n) is 11.7. The van der Waals surface area contributed by atoms with E-state index in [9.17, 15) is 14.7 Å². The Morgan fingerprint density at radius 3 is 2.38 bits per heavy atom. The lowest BCUT2D eigenvalue weighted by atomic mass is 10.1. The molecule has 108 valence electrons. The number of amides is 1. The van der Waals surface area contributed by atoms with E-state index in [2.05, 4.69) is 5.32 Å². The SMILES string of the molecule is Cc1cc(C(=O)O)ccc1NC(=O)c1cccc(C)c1O. The van der Waals surface area contributed by atoms with Crippen molar-refractivity contribution < 1.29 is 19.8 Å². The lowest BCUT2D eigenvalue weighted by Crippen LogP contribution is -2.13. The number of nitrogens with one attached hydrogen (secondary N) is 1. The van der Waals surface area contributed by atoms with Gasteiger partial charge in [-0.1, -0.05) is 12.1 Å². The van der Waals surface area contributed by atoms with Crippen LogP contribution in [-0.2, 0) is 0 Å². The van der Waals surface area contributed by atoms with Gasteiger partial charge in [0.25, 0.3) is 5.91 Å². The highest BCUT2D eigenvalue weighted by atomic mass is 16.4. The summed E-state index contributed by atoms with van der Waals surface area (Å²) in [5, 5.41) is 21.5. The van der Waals surface area contributed by atoms with Crippen LogP contribution < -0.4 is 5.32 Å². The van der Waals surface area contributed by atoms with Gasteiger partial charge in [0.05, 0.1) is 11.1 Å². The molecule has 0 aliphatic heterocycles. The minimum atomic E-state index is -1.02. The highest BCUT2D eigenvalue weighted by Gasteiger charge is 2.14. The van der Waals surface area contributed by atoms with Crippen LogP contribution in [-0.4, -0.2) is 22.1 Å². The number of carboxylic acids is 1. The molecule has 1 amide bonds. The molecule has 3 N–H and O–H groups in total. The molecule has 0 aromatic heterocycles. The maximum atomic E-state index is 12.2. The average Bonchev–Trinajstić information content (AvgIpc) is 2.43. The van der Waals surface area contributed by atoms with E-state index in [0.717, 1.165) is 0 Å². The van der Waals surface area contributed by atoms with E-state index >= 15 is 0 Å². The molecule has 2 aromatic rings. The van der Waals surface area contributed by atoms with E-state index in [4.69, 9.17) is 5.11 Å². The molecular formula is C16H15NO4. The quantitative estimate of drug-likeness (QED) is 0.809. The summed E-state index contributed by atoms with van der Waals surface area (Å²) < 4.78 is 0. The predicted octanol–water partition coefficient (Wildman–Crippen LogP) is 2.96. The van der Waals surface area contributed by atoms with Crippen molar-refractivity contribution in [3.63, 3.8) is 0 Å². The maximum absolute atomic E-state index is 12.2. The van der Waals surface area contributed by atoms with Crippen molar-refractivity contribution in [2.75, 3.05) is 5.32 Å². The molecular weight excluding hydrogens is 270 g/mol. The van der Waals surface area contributed by atoms with Crippen LogP contribution in [0, 0.1) is 13.8 Å². The number of aromatic carboxylic acids is 1. The Kier molecular flexibility index (Phi) is 3.93. The number of phenolic OH excluding ortho intramolecular Hbond substituents is 1. The van der Waals surface area contributed by atoms with Crippen molar-refractivity contribution in [2.45, 2.75) is 13.8 Å². The number of aromatic hydroxyl groups is 1. The number of para-hydroxylation sites is 1. The Labute approximate surface area is 121 Å². The van der Waals surface area contributed by atoms with Crippen LogP contribution in [0.3, 0.4) is 0 Å². The summed E-state index contributed by atoms with van der Waals surface area (Å²) in [6.07, 6.45) is 0. The minimum Gasteiger partial charge on any atom is -0.507 e. The summed E-state index contributed by atoms with van der Waals surface area (Å²) >= 11 is 0. The molecule has 0 aliphatic rings. The molecule has 0 aliphatic carbocycles. The Balaban J connectivity index is 2.28. The van der Waals surface area contributed by atoms with E-state index in [1.165, 1.54) is 24.3 Å². The van der Waals surface area contributed by atoms with E-state index in [1.54, 1.807) is 26.0 Å². The summed E-state index contributed by atoms with van der Waals surface area (Å²) in [6.45, 7) is 3.41. The number of carbonyl (C=O) groups excluding carboxylic acids is 1. The van der Waals surface area contributed by atoms with Gasteiger partial charge in [-0.15, -0.1) is 0 Å². The molecule has 5 nitrogen and oxygen atoms in total. The van der Waals surface area contributed by atoms with Gasteiger partial charge in [0.1, 0.15) is 5.75 Å². The largest absolute Gasteiger partial charge is 0.507 e. The van der Waals surface area contributed by atoms with Crippen LogP contribution in [0.15, 0.2) is 36.4 Å². The first-order chi connectivity index (χ1) is 9.90. The van der Waals surface area contributed by atoms with Gasteiger partial charge in [-0.3, -0.25) is 4.79 Å². The lowest BCUT2D eigenvalue weighted by Gasteiger charge is -2.11. The molecule has 0 fully saturated rings. The molecule has 0 saturated heterocycles. The normalized spacial score (nSPS) is 10.2. The van der Waals surface area contributed by atoms with Gasteiger partial charge >= 0.3 is 5.97 Å². The topological polar surface area (TPSA) is 86.6 Å². The molecule has 0 atom stereocenters. The third-order valence-electron chi connectivity index (χ3n) is 3.20. The number of aryl methyl sites for hydroxylation is 2. The molecule has 0 spiro atoms. The number of anilines is 1. The first kappa shape index (κ1) is 14.6. The van der Waals surface area contributed by atoms with E-state index in [1.807, 2.05) is 0 Å². The highest BCUT2D eigenvalue weighted by molar-refractivity contribution is 6.06. The third kappa shape index (κ3) is 3.02. The van der Waals surface area contributed by atoms with Crippen molar-refractivity contribution in [1.82, 2.24) is 0 Å². The molecule has 5 heteroatoms. The zero-order valence-corrected chi connectivity index (χ0v) is 11.7. The number of benzene rings is 2.